The van der Waals surface area contributed by atoms with Crippen molar-refractivity contribution in [1.29, 1.82) is 0 Å². The zero-order valence-corrected chi connectivity index (χ0v) is 17.5. The Balaban J connectivity index is 2.05. The van der Waals surface area contributed by atoms with Crippen LogP contribution in [0.25, 0.3) is 0 Å². The van der Waals surface area contributed by atoms with Gasteiger partial charge in [-0.3, -0.25) is 9.59 Å². The van der Waals surface area contributed by atoms with Gasteiger partial charge in [0.25, 0.3) is 11.8 Å². The molecule has 3 N–H and O–H groups in total. The minimum absolute atomic E-state index is 0.0000188. The molecule has 0 aliphatic rings. The number of primary amides is 1. The first-order valence-electron chi connectivity index (χ1n) is 8.65. The van der Waals surface area contributed by atoms with Crippen LogP contribution in [0.4, 0.5) is 5.00 Å². The fraction of sp³-hybridized carbons (Fsp3) is 0.278. The van der Waals surface area contributed by atoms with E-state index in [9.17, 15) is 22.8 Å². The second kappa shape index (κ2) is 9.63. The molecule has 2 aromatic rings. The van der Waals surface area contributed by atoms with Gasteiger partial charge in [-0.15, -0.1) is 11.3 Å². The molecule has 156 valence electrons. The standard InChI is InChI=1S/C18H21N3O6S2/c1-3-21(4-2)29(25,26)13-7-5-6-12(10-13)18(24)27-11-15(22)20-17-14(16(19)23)8-9-28-17/h5-10H,3-4,11H2,1-2H3,(H2,19,23)(H,20,22). The quantitative estimate of drug-likeness (QED) is 0.571. The zero-order chi connectivity index (χ0) is 21.6. The number of carbonyl (C=O) groups is 3. The number of esters is 1. The molecular weight excluding hydrogens is 418 g/mol. The van der Waals surface area contributed by atoms with Crippen LogP contribution in [0.2, 0.25) is 0 Å². The first-order chi connectivity index (χ1) is 13.7. The Bertz CT molecular complexity index is 1010. The first-order valence-corrected chi connectivity index (χ1v) is 11.0. The lowest BCUT2D eigenvalue weighted by Gasteiger charge is -2.18. The molecule has 0 spiro atoms. The summed E-state index contributed by atoms with van der Waals surface area (Å²) < 4.78 is 31.4. The maximum atomic E-state index is 12.6. The number of rotatable bonds is 9. The van der Waals surface area contributed by atoms with Crippen LogP contribution in [0.15, 0.2) is 40.6 Å². The van der Waals surface area contributed by atoms with Crippen LogP contribution in [0.1, 0.15) is 34.6 Å². The van der Waals surface area contributed by atoms with Crippen LogP contribution in [-0.2, 0) is 19.6 Å². The molecule has 0 aliphatic carbocycles. The minimum atomic E-state index is -3.73. The Hall–Kier alpha value is -2.76. The van der Waals surface area contributed by atoms with Crippen LogP contribution in [0.3, 0.4) is 0 Å². The third kappa shape index (κ3) is 5.40. The van der Waals surface area contributed by atoms with E-state index >= 15 is 0 Å². The van der Waals surface area contributed by atoms with E-state index in [0.717, 1.165) is 11.3 Å². The number of ether oxygens (including phenoxy) is 1. The number of anilines is 1. The summed E-state index contributed by atoms with van der Waals surface area (Å²) in [5, 5.41) is 4.29. The number of thiophene rings is 1. The van der Waals surface area contributed by atoms with Crippen LogP contribution >= 0.6 is 11.3 Å². The third-order valence-electron chi connectivity index (χ3n) is 3.93. The topological polar surface area (TPSA) is 136 Å². The molecule has 0 saturated heterocycles. The third-order valence-corrected chi connectivity index (χ3v) is 6.81. The number of hydrogen-bond donors (Lipinski definition) is 2. The Labute approximate surface area is 172 Å². The SMILES string of the molecule is CCN(CC)S(=O)(=O)c1cccc(C(=O)OCC(=O)Nc2sccc2C(N)=O)c1. The summed E-state index contributed by atoms with van der Waals surface area (Å²) in [7, 11) is -3.73. The molecule has 29 heavy (non-hydrogen) atoms. The number of nitrogens with two attached hydrogens (primary N) is 1. The monoisotopic (exact) mass is 439 g/mol. The number of nitrogens with one attached hydrogen (secondary N) is 1. The summed E-state index contributed by atoms with van der Waals surface area (Å²) in [6, 6.07) is 6.89. The highest BCUT2D eigenvalue weighted by molar-refractivity contribution is 7.89. The highest BCUT2D eigenvalue weighted by Crippen LogP contribution is 2.22. The Morgan fingerprint density at radius 2 is 1.86 bits per heavy atom. The molecule has 1 heterocycles. The molecule has 2 amide bonds. The van der Waals surface area contributed by atoms with Crippen molar-refractivity contribution in [2.45, 2.75) is 18.7 Å². The summed E-state index contributed by atoms with van der Waals surface area (Å²) in [5.41, 5.74) is 5.36. The van der Waals surface area contributed by atoms with Crippen LogP contribution in [0.5, 0.6) is 0 Å². The highest BCUT2D eigenvalue weighted by atomic mass is 32.2. The Morgan fingerprint density at radius 3 is 2.48 bits per heavy atom. The maximum Gasteiger partial charge on any atom is 0.338 e. The van der Waals surface area contributed by atoms with Crippen molar-refractivity contribution in [3.05, 3.63) is 46.8 Å². The van der Waals surface area contributed by atoms with Crippen molar-refractivity contribution < 1.29 is 27.5 Å². The molecular formula is C18H21N3O6S2. The molecule has 0 atom stereocenters. The Morgan fingerprint density at radius 1 is 1.17 bits per heavy atom. The van der Waals surface area contributed by atoms with E-state index in [2.05, 4.69) is 5.32 Å². The van der Waals surface area contributed by atoms with Gasteiger partial charge in [0.15, 0.2) is 6.61 Å². The number of benzene rings is 1. The number of carbonyl (C=O) groups excluding carboxylic acids is 3. The minimum Gasteiger partial charge on any atom is -0.452 e. The second-order valence-electron chi connectivity index (χ2n) is 5.77. The number of sulfonamides is 1. The van der Waals surface area contributed by atoms with E-state index in [1.807, 2.05) is 0 Å². The van der Waals surface area contributed by atoms with E-state index < -0.39 is 34.4 Å². The van der Waals surface area contributed by atoms with Crippen molar-refractivity contribution in [2.75, 3.05) is 25.0 Å². The van der Waals surface area contributed by atoms with E-state index in [-0.39, 0.29) is 21.0 Å². The van der Waals surface area contributed by atoms with Gasteiger partial charge in [-0.25, -0.2) is 13.2 Å². The van der Waals surface area contributed by atoms with Crippen molar-refractivity contribution >= 4 is 44.1 Å². The van der Waals surface area contributed by atoms with Crippen molar-refractivity contribution in [3.63, 3.8) is 0 Å². The second-order valence-corrected chi connectivity index (χ2v) is 8.62. The summed E-state index contributed by atoms with van der Waals surface area (Å²) in [6.07, 6.45) is 0. The zero-order valence-electron chi connectivity index (χ0n) is 15.9. The van der Waals surface area contributed by atoms with E-state index in [1.54, 1.807) is 19.2 Å². The van der Waals surface area contributed by atoms with Gasteiger partial charge >= 0.3 is 5.97 Å². The highest BCUT2D eigenvalue weighted by Gasteiger charge is 2.23. The fourth-order valence-corrected chi connectivity index (χ4v) is 4.79. The van der Waals surface area contributed by atoms with Crippen LogP contribution < -0.4 is 11.1 Å². The molecule has 0 unspecified atom stereocenters. The molecule has 0 radical (unpaired) electrons. The summed E-state index contributed by atoms with van der Waals surface area (Å²) in [5.74, 6) is -2.20. The summed E-state index contributed by atoms with van der Waals surface area (Å²) >= 11 is 1.10. The number of nitrogens with zero attached hydrogens (tertiary/aromatic N) is 1. The number of amides is 2. The molecule has 1 aromatic heterocycles. The smallest absolute Gasteiger partial charge is 0.338 e. The summed E-state index contributed by atoms with van der Waals surface area (Å²) in [6.45, 7) is 3.42. The van der Waals surface area contributed by atoms with E-state index in [0.29, 0.717) is 13.1 Å². The molecule has 2 rings (SSSR count). The molecule has 11 heteroatoms. The van der Waals surface area contributed by atoms with Gasteiger partial charge in [-0.05, 0) is 29.6 Å². The van der Waals surface area contributed by atoms with E-state index in [1.165, 1.54) is 34.6 Å². The molecule has 0 aliphatic heterocycles. The van der Waals surface area contributed by atoms with Crippen molar-refractivity contribution in [2.24, 2.45) is 5.73 Å². The van der Waals surface area contributed by atoms with E-state index in [4.69, 9.17) is 10.5 Å². The lowest BCUT2D eigenvalue weighted by Crippen LogP contribution is -2.30. The largest absolute Gasteiger partial charge is 0.452 e. The van der Waals surface area contributed by atoms with Gasteiger partial charge in [0, 0.05) is 13.1 Å². The van der Waals surface area contributed by atoms with Crippen molar-refractivity contribution in [1.82, 2.24) is 4.31 Å². The average molecular weight is 440 g/mol. The molecule has 0 fully saturated rings. The van der Waals surface area contributed by atoms with Gasteiger partial charge in [0.1, 0.15) is 5.00 Å². The lowest BCUT2D eigenvalue weighted by atomic mass is 10.2. The maximum absolute atomic E-state index is 12.6. The first kappa shape index (κ1) is 22.5. The fourth-order valence-electron chi connectivity index (χ4n) is 2.47. The molecule has 0 bridgehead atoms. The van der Waals surface area contributed by atoms with Gasteiger partial charge in [0.05, 0.1) is 16.0 Å². The predicted octanol–water partition coefficient (Wildman–Crippen LogP) is 1.67. The Kier molecular flexibility index (Phi) is 7.48. The van der Waals surface area contributed by atoms with Gasteiger partial charge < -0.3 is 15.8 Å². The molecule has 0 saturated carbocycles. The average Bonchev–Trinajstić information content (AvgIpc) is 3.15. The molecule has 1 aromatic carbocycles. The normalized spacial score (nSPS) is 11.3. The van der Waals surface area contributed by atoms with Crippen LogP contribution in [-0.4, -0.2) is 50.2 Å². The molecule has 9 nitrogen and oxygen atoms in total. The number of hydrogen-bond acceptors (Lipinski definition) is 7. The van der Waals surface area contributed by atoms with Gasteiger partial charge in [-0.2, -0.15) is 4.31 Å². The van der Waals surface area contributed by atoms with Gasteiger partial charge in [-0.1, -0.05) is 19.9 Å². The lowest BCUT2D eigenvalue weighted by molar-refractivity contribution is -0.119. The summed E-state index contributed by atoms with van der Waals surface area (Å²) in [4.78, 5) is 35.4. The van der Waals surface area contributed by atoms with Crippen LogP contribution in [0, 0.1) is 0 Å². The van der Waals surface area contributed by atoms with Gasteiger partial charge in [0.2, 0.25) is 10.0 Å². The predicted molar refractivity (Wildman–Crippen MR) is 108 cm³/mol. The van der Waals surface area contributed by atoms with Crippen molar-refractivity contribution in [3.8, 4) is 0 Å².